The van der Waals surface area contributed by atoms with E-state index in [4.69, 9.17) is 14.6 Å². The minimum atomic E-state index is -0.967. The highest BCUT2D eigenvalue weighted by Gasteiger charge is 2.33. The van der Waals surface area contributed by atoms with Gasteiger partial charge in [-0.25, -0.2) is 4.79 Å². The summed E-state index contributed by atoms with van der Waals surface area (Å²) in [6, 6.07) is 16.2. The fourth-order valence-electron chi connectivity index (χ4n) is 5.14. The van der Waals surface area contributed by atoms with E-state index in [1.54, 1.807) is 6.92 Å². The van der Waals surface area contributed by atoms with Gasteiger partial charge < -0.3 is 25.2 Å². The van der Waals surface area contributed by atoms with Crippen molar-refractivity contribution in [3.8, 4) is 11.1 Å². The lowest BCUT2D eigenvalue weighted by atomic mass is 9.98. The van der Waals surface area contributed by atoms with E-state index < -0.39 is 18.2 Å². The van der Waals surface area contributed by atoms with Gasteiger partial charge in [-0.1, -0.05) is 48.5 Å². The summed E-state index contributed by atoms with van der Waals surface area (Å²) in [6.45, 7) is 2.56. The van der Waals surface area contributed by atoms with E-state index in [1.165, 1.54) is 11.1 Å². The van der Waals surface area contributed by atoms with Crippen molar-refractivity contribution in [2.24, 2.45) is 5.92 Å². The molecule has 186 valence electrons. The van der Waals surface area contributed by atoms with Gasteiger partial charge in [0.15, 0.2) is 0 Å². The number of ether oxygens (including phenoxy) is 2. The van der Waals surface area contributed by atoms with Gasteiger partial charge in [-0.3, -0.25) is 9.59 Å². The molecule has 1 saturated carbocycles. The first kappa shape index (κ1) is 24.7. The number of hydrogen-bond donors (Lipinski definition) is 3. The molecular weight excluding hydrogens is 448 g/mol. The third-order valence-corrected chi connectivity index (χ3v) is 6.78. The van der Waals surface area contributed by atoms with Crippen molar-refractivity contribution in [3.05, 3.63) is 59.7 Å². The molecule has 4 rings (SSSR count). The molecule has 0 aromatic heterocycles. The van der Waals surface area contributed by atoms with Crippen molar-refractivity contribution < 1.29 is 29.0 Å². The number of alkyl carbamates (subject to hydrolysis) is 1. The minimum Gasteiger partial charge on any atom is -0.481 e. The Morgan fingerprint density at radius 1 is 1.03 bits per heavy atom. The summed E-state index contributed by atoms with van der Waals surface area (Å²) in [5, 5.41) is 14.7. The summed E-state index contributed by atoms with van der Waals surface area (Å²) >= 11 is 0. The van der Waals surface area contributed by atoms with Crippen LogP contribution in [0.2, 0.25) is 0 Å². The molecule has 8 nitrogen and oxygen atoms in total. The number of carboxylic acids is 1. The summed E-state index contributed by atoms with van der Waals surface area (Å²) in [6.07, 6.45) is 0.664. The monoisotopic (exact) mass is 480 g/mol. The van der Waals surface area contributed by atoms with E-state index in [9.17, 15) is 14.4 Å². The zero-order valence-electron chi connectivity index (χ0n) is 19.9. The molecule has 2 aliphatic rings. The number of amides is 2. The van der Waals surface area contributed by atoms with Crippen LogP contribution in [0, 0.1) is 5.92 Å². The van der Waals surface area contributed by atoms with Crippen LogP contribution in [0.1, 0.15) is 49.7 Å². The van der Waals surface area contributed by atoms with Gasteiger partial charge in [-0.2, -0.15) is 0 Å². The summed E-state index contributed by atoms with van der Waals surface area (Å²) in [5.74, 6) is -1.34. The average Bonchev–Trinajstić information content (AvgIpc) is 3.43. The number of nitrogens with one attached hydrogen (secondary N) is 2. The van der Waals surface area contributed by atoms with Gasteiger partial charge in [0.1, 0.15) is 6.61 Å². The molecule has 2 aromatic rings. The molecular formula is C27H32N2O6. The van der Waals surface area contributed by atoms with Crippen molar-refractivity contribution in [1.82, 2.24) is 10.6 Å². The first-order valence-electron chi connectivity index (χ1n) is 12.2. The Morgan fingerprint density at radius 3 is 2.31 bits per heavy atom. The number of hydrogen-bond acceptors (Lipinski definition) is 5. The smallest absolute Gasteiger partial charge is 0.407 e. The van der Waals surface area contributed by atoms with Gasteiger partial charge in [-0.15, -0.1) is 0 Å². The van der Waals surface area contributed by atoms with Gasteiger partial charge in [0.25, 0.3) is 0 Å². The fraction of sp³-hybridized carbons (Fsp3) is 0.444. The van der Waals surface area contributed by atoms with E-state index in [1.807, 2.05) is 24.3 Å². The van der Waals surface area contributed by atoms with Crippen molar-refractivity contribution >= 4 is 18.0 Å². The summed E-state index contributed by atoms with van der Waals surface area (Å²) in [7, 11) is 0. The molecule has 0 saturated heterocycles. The van der Waals surface area contributed by atoms with Gasteiger partial charge in [0, 0.05) is 31.0 Å². The van der Waals surface area contributed by atoms with Crippen molar-refractivity contribution in [3.63, 3.8) is 0 Å². The molecule has 0 heterocycles. The number of carbonyl (C=O) groups excluding carboxylic acids is 2. The molecule has 0 aliphatic heterocycles. The van der Waals surface area contributed by atoms with E-state index >= 15 is 0 Å². The van der Waals surface area contributed by atoms with E-state index in [0.29, 0.717) is 25.9 Å². The van der Waals surface area contributed by atoms with Gasteiger partial charge in [0.05, 0.1) is 12.5 Å². The van der Waals surface area contributed by atoms with Crippen LogP contribution in [0.3, 0.4) is 0 Å². The Labute approximate surface area is 205 Å². The second-order valence-electron chi connectivity index (χ2n) is 9.10. The number of benzene rings is 2. The van der Waals surface area contributed by atoms with Crippen LogP contribution in [0.25, 0.3) is 11.1 Å². The Bertz CT molecular complexity index is 1030. The highest BCUT2D eigenvalue weighted by molar-refractivity contribution is 5.80. The molecule has 0 radical (unpaired) electrons. The second-order valence-corrected chi connectivity index (χ2v) is 9.10. The quantitative estimate of drug-likeness (QED) is 0.478. The maximum atomic E-state index is 12.5. The zero-order chi connectivity index (χ0) is 24.8. The molecule has 2 aliphatic carbocycles. The molecule has 3 atom stereocenters. The topological polar surface area (TPSA) is 114 Å². The Kier molecular flexibility index (Phi) is 8.02. The van der Waals surface area contributed by atoms with Crippen LogP contribution in [-0.2, 0) is 19.1 Å². The maximum Gasteiger partial charge on any atom is 0.407 e. The fourth-order valence-corrected chi connectivity index (χ4v) is 5.14. The maximum absolute atomic E-state index is 12.5. The first-order valence-corrected chi connectivity index (χ1v) is 12.2. The van der Waals surface area contributed by atoms with E-state index in [-0.39, 0.29) is 43.4 Å². The lowest BCUT2D eigenvalue weighted by molar-refractivity contribution is -0.140. The van der Waals surface area contributed by atoms with Gasteiger partial charge >= 0.3 is 12.1 Å². The van der Waals surface area contributed by atoms with Crippen LogP contribution in [-0.4, -0.2) is 55.0 Å². The first-order chi connectivity index (χ1) is 17.0. The number of carbonyl (C=O) groups is 3. The lowest BCUT2D eigenvalue weighted by Crippen LogP contribution is -2.39. The molecule has 0 bridgehead atoms. The molecule has 35 heavy (non-hydrogen) atoms. The Balaban J connectivity index is 1.24. The minimum absolute atomic E-state index is 0.000609. The van der Waals surface area contributed by atoms with Crippen LogP contribution in [0.5, 0.6) is 0 Å². The molecule has 2 amide bonds. The Hall–Kier alpha value is -3.39. The van der Waals surface area contributed by atoms with Crippen LogP contribution < -0.4 is 10.6 Å². The lowest BCUT2D eigenvalue weighted by Gasteiger charge is -2.18. The highest BCUT2D eigenvalue weighted by atomic mass is 16.5. The third kappa shape index (κ3) is 6.00. The van der Waals surface area contributed by atoms with E-state index in [2.05, 4.69) is 34.9 Å². The standard InChI is InChI=1S/C27H32N2O6/c1-2-34-19(14-25(30)31)15-28-26(32)17-11-12-18(13-17)29-27(33)35-16-24-22-9-5-3-7-20(22)21-8-4-6-10-23(21)24/h3-10,17-19,24H,2,11-16H2,1H3,(H,28,32)(H,29,33)(H,30,31)/t17-,18+,19?/m1/s1. The van der Waals surface area contributed by atoms with E-state index in [0.717, 1.165) is 11.1 Å². The molecule has 1 fully saturated rings. The Morgan fingerprint density at radius 2 is 1.69 bits per heavy atom. The molecule has 2 aromatic carbocycles. The largest absolute Gasteiger partial charge is 0.481 e. The van der Waals surface area contributed by atoms with Crippen LogP contribution in [0.4, 0.5) is 4.79 Å². The molecule has 8 heteroatoms. The van der Waals surface area contributed by atoms with Crippen molar-refractivity contribution in [2.45, 2.75) is 50.7 Å². The summed E-state index contributed by atoms with van der Waals surface area (Å²) in [5.41, 5.74) is 4.67. The number of fused-ring (bicyclic) bond motifs is 3. The number of rotatable bonds is 10. The normalized spacial score (nSPS) is 19.5. The molecule has 3 N–H and O–H groups in total. The summed E-state index contributed by atoms with van der Waals surface area (Å²) in [4.78, 5) is 36.0. The highest BCUT2D eigenvalue weighted by Crippen LogP contribution is 2.44. The predicted molar refractivity (Wildman–Crippen MR) is 130 cm³/mol. The van der Waals surface area contributed by atoms with Crippen LogP contribution in [0.15, 0.2) is 48.5 Å². The number of carboxylic acid groups (broad SMARTS) is 1. The molecule has 1 unspecified atom stereocenters. The van der Waals surface area contributed by atoms with Gasteiger partial charge in [-0.05, 0) is 48.4 Å². The molecule has 0 spiro atoms. The number of aliphatic carboxylic acids is 1. The zero-order valence-corrected chi connectivity index (χ0v) is 19.9. The van der Waals surface area contributed by atoms with Gasteiger partial charge in [0.2, 0.25) is 5.91 Å². The third-order valence-electron chi connectivity index (χ3n) is 6.78. The van der Waals surface area contributed by atoms with Crippen LogP contribution >= 0.6 is 0 Å². The van der Waals surface area contributed by atoms with Crippen molar-refractivity contribution in [1.29, 1.82) is 0 Å². The average molecular weight is 481 g/mol. The summed E-state index contributed by atoms with van der Waals surface area (Å²) < 4.78 is 11.0. The predicted octanol–water partition coefficient (Wildman–Crippen LogP) is 3.69. The SMILES string of the molecule is CCOC(CNC(=O)[C@@H]1CC[C@H](NC(=O)OCC2c3ccccc3-c3ccccc32)C1)CC(=O)O. The van der Waals surface area contributed by atoms with Crippen molar-refractivity contribution in [2.75, 3.05) is 19.8 Å². The second kappa shape index (κ2) is 11.4.